The van der Waals surface area contributed by atoms with Crippen LogP contribution in [0.2, 0.25) is 0 Å². The van der Waals surface area contributed by atoms with E-state index in [1.165, 1.54) is 5.56 Å². The van der Waals surface area contributed by atoms with E-state index in [0.29, 0.717) is 43.2 Å². The van der Waals surface area contributed by atoms with Gasteiger partial charge in [0.05, 0.1) is 18.4 Å². The lowest BCUT2D eigenvalue weighted by Crippen LogP contribution is -2.56. The molecule has 2 atom stereocenters. The molecule has 2 aromatic heterocycles. The van der Waals surface area contributed by atoms with Crippen molar-refractivity contribution in [3.63, 3.8) is 0 Å². The molecule has 1 saturated carbocycles. The van der Waals surface area contributed by atoms with Gasteiger partial charge in [-0.2, -0.15) is 0 Å². The second-order valence-electron chi connectivity index (χ2n) is 12.3. The van der Waals surface area contributed by atoms with Gasteiger partial charge < -0.3 is 21.3 Å². The molecule has 222 valence electrons. The molecule has 2 saturated heterocycles. The van der Waals surface area contributed by atoms with Crippen molar-refractivity contribution < 1.29 is 8.78 Å². The molecule has 2 aliphatic heterocycles. The number of halogens is 2. The van der Waals surface area contributed by atoms with E-state index in [1.807, 2.05) is 23.2 Å². The number of hydrogen-bond acceptors (Lipinski definition) is 7. The molecule has 3 fully saturated rings. The summed E-state index contributed by atoms with van der Waals surface area (Å²) in [5, 5.41) is 7.12. The summed E-state index contributed by atoms with van der Waals surface area (Å²) in [6.07, 6.45) is 9.97. The van der Waals surface area contributed by atoms with E-state index in [2.05, 4.69) is 45.9 Å². The van der Waals surface area contributed by atoms with Crippen molar-refractivity contribution in [1.29, 1.82) is 0 Å². The highest BCUT2D eigenvalue weighted by molar-refractivity contribution is 6.05. The highest BCUT2D eigenvalue weighted by Crippen LogP contribution is 2.43. The molecule has 0 aromatic carbocycles. The summed E-state index contributed by atoms with van der Waals surface area (Å²) < 4.78 is 26.8. The molecular formula is C31H44F2N8. The number of piperazine rings is 1. The fourth-order valence-electron chi connectivity index (χ4n) is 6.17. The number of anilines is 2. The number of hydrogen-bond donors (Lipinski definition) is 3. The van der Waals surface area contributed by atoms with Crippen molar-refractivity contribution >= 4 is 17.3 Å². The number of rotatable bonds is 9. The third-order valence-corrected chi connectivity index (χ3v) is 8.04. The van der Waals surface area contributed by atoms with Gasteiger partial charge in [0.1, 0.15) is 11.7 Å². The lowest BCUT2D eigenvalue weighted by molar-refractivity contribution is -0.0193. The zero-order valence-corrected chi connectivity index (χ0v) is 24.5. The van der Waals surface area contributed by atoms with Gasteiger partial charge in [-0.05, 0) is 68.7 Å². The molecule has 3 aliphatic rings. The minimum atomic E-state index is -2.66. The predicted molar refractivity (Wildman–Crippen MR) is 162 cm³/mol. The largest absolute Gasteiger partial charge is 0.397 e. The Balaban J connectivity index is 1.31. The van der Waals surface area contributed by atoms with Crippen molar-refractivity contribution in [1.82, 2.24) is 25.1 Å². The van der Waals surface area contributed by atoms with Crippen molar-refractivity contribution in [2.45, 2.75) is 82.8 Å². The molecule has 10 heteroatoms. The van der Waals surface area contributed by atoms with Gasteiger partial charge in [0.25, 0.3) is 5.92 Å². The third-order valence-electron chi connectivity index (χ3n) is 8.04. The third kappa shape index (κ3) is 8.01. The van der Waals surface area contributed by atoms with Crippen LogP contribution in [0, 0.1) is 0 Å². The van der Waals surface area contributed by atoms with Gasteiger partial charge in [-0.25, -0.2) is 18.8 Å². The van der Waals surface area contributed by atoms with Crippen LogP contribution in [-0.4, -0.2) is 82.4 Å². The average Bonchev–Trinajstić information content (AvgIpc) is 3.73. The fourth-order valence-corrected chi connectivity index (χ4v) is 6.17. The number of alkyl halides is 2. The topological polar surface area (TPSA) is 94.7 Å². The normalized spacial score (nSPS) is 23.0. The summed E-state index contributed by atoms with van der Waals surface area (Å²) in [7, 11) is 0. The van der Waals surface area contributed by atoms with Gasteiger partial charge in [-0.15, -0.1) is 0 Å². The molecule has 0 amide bonds. The van der Waals surface area contributed by atoms with Gasteiger partial charge in [-0.1, -0.05) is 6.58 Å². The van der Waals surface area contributed by atoms with Crippen LogP contribution in [-0.2, 0) is 6.42 Å². The lowest BCUT2D eigenvalue weighted by Gasteiger charge is -2.39. The van der Waals surface area contributed by atoms with E-state index in [-0.39, 0.29) is 12.6 Å². The van der Waals surface area contributed by atoms with Gasteiger partial charge in [0.2, 0.25) is 0 Å². The lowest BCUT2D eigenvalue weighted by atomic mass is 10.0. The van der Waals surface area contributed by atoms with Gasteiger partial charge >= 0.3 is 0 Å². The van der Waals surface area contributed by atoms with Crippen LogP contribution in [0.3, 0.4) is 0 Å². The predicted octanol–water partition coefficient (Wildman–Crippen LogP) is 4.65. The van der Waals surface area contributed by atoms with Crippen LogP contribution in [0.1, 0.15) is 69.1 Å². The molecule has 0 unspecified atom stereocenters. The molecule has 41 heavy (non-hydrogen) atoms. The molecule has 0 radical (unpaired) electrons. The van der Waals surface area contributed by atoms with E-state index in [0.717, 1.165) is 74.2 Å². The van der Waals surface area contributed by atoms with Gasteiger partial charge in [-0.3, -0.25) is 9.88 Å². The zero-order chi connectivity index (χ0) is 29.1. The zero-order valence-electron chi connectivity index (χ0n) is 24.5. The summed E-state index contributed by atoms with van der Waals surface area (Å²) >= 11 is 0. The number of aromatic nitrogens is 2. The van der Waals surface area contributed by atoms with E-state index in [9.17, 15) is 8.78 Å². The highest BCUT2D eigenvalue weighted by atomic mass is 19.3. The number of nitrogens with two attached hydrogens (primary N) is 1. The molecule has 2 aromatic rings. The quantitative estimate of drug-likeness (QED) is 0.300. The Bertz CT molecular complexity index is 1240. The van der Waals surface area contributed by atoms with Crippen LogP contribution in [0.15, 0.2) is 48.0 Å². The Kier molecular flexibility index (Phi) is 8.89. The number of piperidine rings is 1. The first-order chi connectivity index (χ1) is 19.5. The first kappa shape index (κ1) is 29.4. The molecule has 8 nitrogen and oxygen atoms in total. The number of nitrogens with one attached hydrogen (secondary N) is 2. The van der Waals surface area contributed by atoms with E-state index < -0.39 is 5.92 Å². The Morgan fingerprint density at radius 1 is 1.17 bits per heavy atom. The molecule has 4 N–H and O–H groups in total. The highest BCUT2D eigenvalue weighted by Gasteiger charge is 2.33. The summed E-state index contributed by atoms with van der Waals surface area (Å²) in [5.41, 5.74) is 11.2. The van der Waals surface area contributed by atoms with Crippen molar-refractivity contribution in [3.8, 4) is 0 Å². The first-order valence-electron chi connectivity index (χ1n) is 14.9. The number of nitrogens with zero attached hydrogens (tertiary/aromatic N) is 5. The smallest absolute Gasteiger partial charge is 0.257 e. The average molecular weight is 567 g/mol. The van der Waals surface area contributed by atoms with Crippen molar-refractivity contribution in [2.24, 2.45) is 4.99 Å². The summed E-state index contributed by atoms with van der Waals surface area (Å²) in [6.45, 7) is 12.5. The Labute approximate surface area is 242 Å². The van der Waals surface area contributed by atoms with Gasteiger partial charge in [0.15, 0.2) is 0 Å². The van der Waals surface area contributed by atoms with Gasteiger partial charge in [0, 0.05) is 81.3 Å². The molecule has 0 bridgehead atoms. The second-order valence-corrected chi connectivity index (χ2v) is 12.3. The number of nitrogen functional groups attached to an aromatic ring is 1. The standard InChI is InChI=1S/C31H44F2N8/c1-20(13-23-7-10-36-28(14-23)39-25-8-11-40(12-9-25)19-31(4,32)33)38-30(41-17-21(2)37-22(3)18-41)29-26(24-5-6-24)15-35-16-27(29)34/h7,10,14-16,21-22,24-25,37H,1,5-6,8-9,11-13,17-19,34H2,2-4H3,(H,36,39)/t21-,22+. The molecule has 1 aliphatic carbocycles. The number of amidine groups is 1. The summed E-state index contributed by atoms with van der Waals surface area (Å²) in [6, 6.07) is 4.88. The van der Waals surface area contributed by atoms with Crippen LogP contribution >= 0.6 is 0 Å². The maximum Gasteiger partial charge on any atom is 0.257 e. The maximum atomic E-state index is 13.4. The van der Waals surface area contributed by atoms with E-state index in [1.54, 1.807) is 12.4 Å². The van der Waals surface area contributed by atoms with Crippen molar-refractivity contribution in [3.05, 3.63) is 59.7 Å². The number of pyridine rings is 2. The number of aliphatic imine (C=N–C) groups is 1. The minimum Gasteiger partial charge on any atom is -0.397 e. The van der Waals surface area contributed by atoms with Crippen LogP contribution in [0.4, 0.5) is 20.3 Å². The van der Waals surface area contributed by atoms with E-state index in [4.69, 9.17) is 10.7 Å². The SMILES string of the molecule is C=C(Cc1ccnc(NC2CCN(CC(C)(F)F)CC2)c1)N=C(c1c(N)cncc1C1CC1)N1C[C@@H](C)N[C@@H](C)C1. The number of likely N-dealkylation sites (tertiary alicyclic amines) is 1. The maximum absolute atomic E-state index is 13.4. The monoisotopic (exact) mass is 566 g/mol. The Morgan fingerprint density at radius 3 is 2.54 bits per heavy atom. The molecular weight excluding hydrogens is 522 g/mol. The van der Waals surface area contributed by atoms with Crippen LogP contribution < -0.4 is 16.4 Å². The molecule has 0 spiro atoms. The van der Waals surface area contributed by atoms with Crippen molar-refractivity contribution in [2.75, 3.05) is 43.8 Å². The first-order valence-corrected chi connectivity index (χ1v) is 14.9. The second kappa shape index (κ2) is 12.4. The molecule has 4 heterocycles. The Morgan fingerprint density at radius 2 is 1.88 bits per heavy atom. The fraction of sp³-hybridized carbons (Fsp3) is 0.581. The molecule has 5 rings (SSSR count). The Hall–Kier alpha value is -3.11. The minimum absolute atomic E-state index is 0.183. The van der Waals surface area contributed by atoms with E-state index >= 15 is 0 Å². The van der Waals surface area contributed by atoms with Crippen LogP contribution in [0.25, 0.3) is 0 Å². The number of allylic oxidation sites excluding steroid dienone is 1. The summed E-state index contributed by atoms with van der Waals surface area (Å²) in [4.78, 5) is 18.3. The summed E-state index contributed by atoms with van der Waals surface area (Å²) in [5.74, 6) is -0.506. The van der Waals surface area contributed by atoms with Crippen LogP contribution in [0.5, 0.6) is 0 Å².